The van der Waals surface area contributed by atoms with Gasteiger partial charge in [-0.3, -0.25) is 4.79 Å². The molecule has 1 rings (SSSR count). The average Bonchev–Trinajstić information content (AvgIpc) is 2.37. The third-order valence-electron chi connectivity index (χ3n) is 3.19. The van der Waals surface area contributed by atoms with E-state index < -0.39 is 5.89 Å². The molecule has 0 spiro atoms. The summed E-state index contributed by atoms with van der Waals surface area (Å²) < 4.78 is 13.6. The maximum Gasteiger partial charge on any atom is 0.230 e. The quantitative estimate of drug-likeness (QED) is 0.815. The second-order valence-electron chi connectivity index (χ2n) is 5.25. The molecule has 0 heterocycles. The lowest BCUT2D eigenvalue weighted by molar-refractivity contribution is -0.136. The molecule has 3 nitrogen and oxygen atoms in total. The Morgan fingerprint density at radius 2 is 1.58 bits per heavy atom. The number of hydrogen-bond acceptors (Lipinski definition) is 2. The zero-order valence-electron chi connectivity index (χ0n) is 13.7. The molecule has 0 aliphatic heterocycles. The first-order valence-electron chi connectivity index (χ1n) is 7.19. The molecule has 1 aromatic rings. The topological polar surface area (TPSA) is 29.5 Å². The molecule has 0 aromatic heterocycles. The van der Waals surface area contributed by atoms with Gasteiger partial charge in [-0.1, -0.05) is 12.1 Å². The maximum atomic E-state index is 12.7. The number of carbonyl (C=O) groups is 1. The fourth-order valence-corrected chi connectivity index (χ4v) is 2.22. The van der Waals surface area contributed by atoms with Crippen LogP contribution in [0.2, 0.25) is 0 Å². The van der Waals surface area contributed by atoms with E-state index in [1.807, 2.05) is 27.7 Å². The smallest absolute Gasteiger partial charge is 0.230 e. The molecule has 0 fully saturated rings. The number of hydrogen-bond donors (Lipinski definition) is 0. The first-order valence-corrected chi connectivity index (χ1v) is 6.69. The Morgan fingerprint density at radius 1 is 1.11 bits per heavy atom. The van der Waals surface area contributed by atoms with Crippen molar-refractivity contribution in [1.29, 1.82) is 0 Å². The summed E-state index contributed by atoms with van der Waals surface area (Å²) in [4.78, 5) is 14.5. The molecule has 0 N–H and O–H groups in total. The van der Waals surface area contributed by atoms with E-state index in [0.29, 0.717) is 5.56 Å². The van der Waals surface area contributed by atoms with Crippen molar-refractivity contribution in [3.63, 3.8) is 0 Å². The molecule has 1 amide bonds. The van der Waals surface area contributed by atoms with Crippen LogP contribution in [0.25, 0.3) is 0 Å². The van der Waals surface area contributed by atoms with Gasteiger partial charge in [0.15, 0.2) is 0 Å². The number of nitrogens with zero attached hydrogens (tertiary/aromatic N) is 1. The minimum Gasteiger partial charge on any atom is -0.497 e. The summed E-state index contributed by atoms with van der Waals surface area (Å²) in [5.74, 6) is -0.741. The second-order valence-corrected chi connectivity index (χ2v) is 5.25. The van der Waals surface area contributed by atoms with Gasteiger partial charge in [0.05, 0.1) is 13.0 Å². The standard InChI is InChI=1S/C16H25NO2/c1-11(2)17(12(3)4)16(18)13(5)14-7-9-15(19-6)10-8-14/h7-13H,1-6H3/i13D. The molecule has 19 heavy (non-hydrogen) atoms. The van der Waals surface area contributed by atoms with Gasteiger partial charge in [-0.15, -0.1) is 0 Å². The summed E-state index contributed by atoms with van der Waals surface area (Å²) >= 11 is 0. The molecule has 0 aliphatic rings. The van der Waals surface area contributed by atoms with E-state index in [9.17, 15) is 4.79 Å². The van der Waals surface area contributed by atoms with Crippen molar-refractivity contribution in [2.75, 3.05) is 7.11 Å². The van der Waals surface area contributed by atoms with Crippen LogP contribution in [-0.4, -0.2) is 30.0 Å². The largest absolute Gasteiger partial charge is 0.497 e. The van der Waals surface area contributed by atoms with Crippen LogP contribution in [0.4, 0.5) is 0 Å². The number of amides is 1. The molecule has 106 valence electrons. The van der Waals surface area contributed by atoms with E-state index in [4.69, 9.17) is 6.11 Å². The Balaban J connectivity index is 3.09. The molecular weight excluding hydrogens is 238 g/mol. The van der Waals surface area contributed by atoms with Gasteiger partial charge >= 0.3 is 0 Å². The van der Waals surface area contributed by atoms with Crippen molar-refractivity contribution in [3.05, 3.63) is 29.8 Å². The molecule has 0 aliphatic carbocycles. The first kappa shape index (κ1) is 13.9. The summed E-state index contributed by atoms with van der Waals surface area (Å²) in [7, 11) is 1.60. The van der Waals surface area contributed by atoms with E-state index in [1.54, 1.807) is 43.2 Å². The molecule has 3 heteroatoms. The van der Waals surface area contributed by atoms with E-state index in [1.165, 1.54) is 0 Å². The van der Waals surface area contributed by atoms with Crippen LogP contribution in [0.3, 0.4) is 0 Å². The van der Waals surface area contributed by atoms with Gasteiger partial charge in [0.1, 0.15) is 5.75 Å². The lowest BCUT2D eigenvalue weighted by atomic mass is 9.98. The monoisotopic (exact) mass is 264 g/mol. The lowest BCUT2D eigenvalue weighted by Crippen LogP contribution is -2.44. The van der Waals surface area contributed by atoms with Crippen molar-refractivity contribution < 1.29 is 10.9 Å². The highest BCUT2D eigenvalue weighted by Gasteiger charge is 2.25. The van der Waals surface area contributed by atoms with Gasteiger partial charge in [-0.2, -0.15) is 0 Å². The van der Waals surface area contributed by atoms with Crippen LogP contribution in [0, 0.1) is 0 Å². The summed E-state index contributed by atoms with van der Waals surface area (Å²) in [5.41, 5.74) is 0.676. The summed E-state index contributed by atoms with van der Waals surface area (Å²) in [6, 6.07) is 7.27. The SMILES string of the molecule is [2H]C(C)(C(=O)N(C(C)C)C(C)C)c1ccc(OC)cc1. The third kappa shape index (κ3) is 3.72. The second kappa shape index (κ2) is 6.60. The Kier molecular flexibility index (Phi) is 4.83. The van der Waals surface area contributed by atoms with E-state index in [0.717, 1.165) is 5.75 Å². The highest BCUT2D eigenvalue weighted by molar-refractivity contribution is 5.83. The minimum absolute atomic E-state index is 0.0745. The highest BCUT2D eigenvalue weighted by Crippen LogP contribution is 2.23. The average molecular weight is 264 g/mol. The molecule has 0 bridgehead atoms. The van der Waals surface area contributed by atoms with Gasteiger partial charge < -0.3 is 9.64 Å². The van der Waals surface area contributed by atoms with E-state index >= 15 is 0 Å². The Bertz CT molecular complexity index is 444. The molecule has 1 aromatic carbocycles. The number of rotatable bonds is 5. The van der Waals surface area contributed by atoms with E-state index in [-0.39, 0.29) is 18.0 Å². The molecule has 1 unspecified atom stereocenters. The van der Waals surface area contributed by atoms with Crippen molar-refractivity contribution in [3.8, 4) is 5.75 Å². The maximum absolute atomic E-state index is 12.7. The number of methoxy groups -OCH3 is 1. The number of benzene rings is 1. The predicted octanol–water partition coefficient (Wildman–Crippen LogP) is 3.44. The predicted molar refractivity (Wildman–Crippen MR) is 78.5 cm³/mol. The summed E-state index contributed by atoms with van der Waals surface area (Å²) in [6.07, 6.45) is 0. The zero-order valence-corrected chi connectivity index (χ0v) is 12.7. The lowest BCUT2D eigenvalue weighted by Gasteiger charge is -2.33. The minimum atomic E-state index is -1.29. The van der Waals surface area contributed by atoms with Gasteiger partial charge in [0.2, 0.25) is 5.91 Å². The Morgan fingerprint density at radius 3 is 1.95 bits per heavy atom. The van der Waals surface area contributed by atoms with Gasteiger partial charge in [0.25, 0.3) is 0 Å². The summed E-state index contributed by atoms with van der Waals surface area (Å²) in [6.45, 7) is 9.54. The third-order valence-corrected chi connectivity index (χ3v) is 3.19. The van der Waals surface area contributed by atoms with Crippen molar-refractivity contribution in [2.45, 2.75) is 52.6 Å². The Labute approximate surface area is 118 Å². The number of ether oxygens (including phenoxy) is 1. The van der Waals surface area contributed by atoms with Crippen LogP contribution >= 0.6 is 0 Å². The molecule has 0 saturated carbocycles. The normalized spacial score (nSPS) is 15.1. The summed E-state index contributed by atoms with van der Waals surface area (Å²) in [5, 5.41) is 0. The Hall–Kier alpha value is -1.51. The fourth-order valence-electron chi connectivity index (χ4n) is 2.22. The number of carbonyl (C=O) groups excluding carboxylic acids is 1. The first-order chi connectivity index (χ1) is 9.21. The molecule has 0 radical (unpaired) electrons. The van der Waals surface area contributed by atoms with Crippen LogP contribution in [0.5, 0.6) is 5.75 Å². The molecule has 1 atom stereocenters. The molecular formula is C16H25NO2. The van der Waals surface area contributed by atoms with Gasteiger partial charge in [-0.25, -0.2) is 0 Å². The van der Waals surface area contributed by atoms with Crippen LogP contribution < -0.4 is 4.74 Å². The van der Waals surface area contributed by atoms with Crippen LogP contribution in [0.1, 0.15) is 47.4 Å². The van der Waals surface area contributed by atoms with E-state index in [2.05, 4.69) is 0 Å². The van der Waals surface area contributed by atoms with Crippen LogP contribution in [-0.2, 0) is 4.79 Å². The van der Waals surface area contributed by atoms with Crippen molar-refractivity contribution in [1.82, 2.24) is 4.90 Å². The van der Waals surface area contributed by atoms with Crippen molar-refractivity contribution >= 4 is 5.91 Å². The van der Waals surface area contributed by atoms with Gasteiger partial charge in [-0.05, 0) is 52.3 Å². The highest BCUT2D eigenvalue weighted by atomic mass is 16.5. The zero-order chi connectivity index (χ0) is 15.5. The van der Waals surface area contributed by atoms with Crippen molar-refractivity contribution in [2.24, 2.45) is 0 Å². The molecule has 0 saturated heterocycles. The fraction of sp³-hybridized carbons (Fsp3) is 0.562. The van der Waals surface area contributed by atoms with Gasteiger partial charge in [0, 0.05) is 13.5 Å². The van der Waals surface area contributed by atoms with Crippen LogP contribution in [0.15, 0.2) is 24.3 Å².